The van der Waals surface area contributed by atoms with E-state index in [0.717, 1.165) is 0 Å². The summed E-state index contributed by atoms with van der Waals surface area (Å²) in [5, 5.41) is 28.7. The van der Waals surface area contributed by atoms with Crippen molar-refractivity contribution in [2.45, 2.75) is 25.4 Å². The highest BCUT2D eigenvalue weighted by atomic mass is 16.4. The van der Waals surface area contributed by atoms with Gasteiger partial charge in [0.1, 0.15) is 12.1 Å². The highest BCUT2D eigenvalue weighted by Gasteiger charge is 2.15. The number of nitrogens with two attached hydrogens (primary N) is 2. The van der Waals surface area contributed by atoms with Crippen molar-refractivity contribution in [1.29, 1.82) is 0 Å². The SMILES string of the molecule is C[C@H](N)C(=O)O.N[C@@H](CC(=O)O)C(=O)O.O=C1NCCNC1=O. The van der Waals surface area contributed by atoms with Crippen LogP contribution in [0.3, 0.4) is 0 Å². The summed E-state index contributed by atoms with van der Waals surface area (Å²) < 4.78 is 0. The van der Waals surface area contributed by atoms with Gasteiger partial charge in [-0.2, -0.15) is 0 Å². The molecule has 1 aliphatic heterocycles. The Morgan fingerprint density at radius 3 is 1.48 bits per heavy atom. The molecule has 1 saturated heterocycles. The number of aliphatic carboxylic acids is 3. The zero-order valence-corrected chi connectivity index (χ0v) is 12.3. The van der Waals surface area contributed by atoms with Crippen LogP contribution in [0.25, 0.3) is 0 Å². The Morgan fingerprint density at radius 2 is 1.35 bits per heavy atom. The summed E-state index contributed by atoms with van der Waals surface area (Å²) in [7, 11) is 0. The molecule has 12 nitrogen and oxygen atoms in total. The molecule has 0 aromatic rings. The normalized spacial score (nSPS) is 15.3. The van der Waals surface area contributed by atoms with E-state index in [0.29, 0.717) is 13.1 Å². The lowest BCUT2D eigenvalue weighted by Gasteiger charge is -2.10. The van der Waals surface area contributed by atoms with Crippen LogP contribution in [0.4, 0.5) is 0 Å². The number of carboxylic acid groups (broad SMARTS) is 3. The van der Waals surface area contributed by atoms with Crippen LogP contribution in [-0.4, -0.2) is 70.2 Å². The molecule has 2 atom stereocenters. The van der Waals surface area contributed by atoms with Crippen molar-refractivity contribution in [1.82, 2.24) is 10.6 Å². The average molecular weight is 336 g/mol. The van der Waals surface area contributed by atoms with E-state index < -0.39 is 48.2 Å². The van der Waals surface area contributed by atoms with Gasteiger partial charge in [0, 0.05) is 13.1 Å². The van der Waals surface area contributed by atoms with Gasteiger partial charge in [-0.25, -0.2) is 0 Å². The number of carbonyl (C=O) groups is 5. The first-order chi connectivity index (χ1) is 10.5. The molecular formula is C11H20N4O8. The van der Waals surface area contributed by atoms with Crippen molar-refractivity contribution in [2.24, 2.45) is 11.5 Å². The molecule has 23 heavy (non-hydrogen) atoms. The van der Waals surface area contributed by atoms with Gasteiger partial charge in [-0.3, -0.25) is 24.0 Å². The number of carbonyl (C=O) groups excluding carboxylic acids is 2. The summed E-state index contributed by atoms with van der Waals surface area (Å²) in [6.45, 7) is 2.51. The number of amides is 2. The standard InChI is InChI=1S/C4H6N2O2.C4H7NO4.C3H7NO2/c7-3-4(8)6-2-1-5-3;5-2(4(8)9)1-3(6)7;1-2(4)3(5)6/h1-2H2,(H,5,7)(H,6,8);2H,1,5H2,(H,6,7)(H,8,9);2H,4H2,1H3,(H,5,6)/t;2*2-/m.00/s1. The minimum Gasteiger partial charge on any atom is -0.481 e. The largest absolute Gasteiger partial charge is 0.481 e. The van der Waals surface area contributed by atoms with Crippen LogP contribution in [-0.2, 0) is 24.0 Å². The summed E-state index contributed by atoms with van der Waals surface area (Å²) in [6, 6.07) is -2.02. The third-order valence-corrected chi connectivity index (χ3v) is 2.00. The first-order valence-corrected chi connectivity index (χ1v) is 6.23. The smallest absolute Gasteiger partial charge is 0.321 e. The molecule has 2 amide bonds. The van der Waals surface area contributed by atoms with Gasteiger partial charge in [0.05, 0.1) is 6.42 Å². The third-order valence-electron chi connectivity index (χ3n) is 2.00. The lowest BCUT2D eigenvalue weighted by molar-refractivity contribution is -0.144. The second kappa shape index (κ2) is 11.9. The van der Waals surface area contributed by atoms with Crippen LogP contribution < -0.4 is 22.1 Å². The molecule has 1 fully saturated rings. The number of rotatable bonds is 4. The molecule has 0 aromatic carbocycles. The van der Waals surface area contributed by atoms with E-state index >= 15 is 0 Å². The van der Waals surface area contributed by atoms with Crippen LogP contribution >= 0.6 is 0 Å². The highest BCUT2D eigenvalue weighted by Crippen LogP contribution is 1.86. The van der Waals surface area contributed by atoms with Crippen LogP contribution in [0.2, 0.25) is 0 Å². The van der Waals surface area contributed by atoms with E-state index in [2.05, 4.69) is 10.6 Å². The fourth-order valence-electron chi connectivity index (χ4n) is 0.788. The predicted octanol–water partition coefficient (Wildman–Crippen LogP) is -3.48. The number of hydrogen-bond donors (Lipinski definition) is 7. The molecule has 12 heteroatoms. The molecule has 0 bridgehead atoms. The van der Waals surface area contributed by atoms with Gasteiger partial charge in [-0.05, 0) is 6.92 Å². The van der Waals surface area contributed by atoms with Crippen molar-refractivity contribution >= 4 is 29.7 Å². The molecule has 0 aromatic heterocycles. The minimum absolute atomic E-state index is 0.531. The third kappa shape index (κ3) is 14.0. The Kier molecular flexibility index (Phi) is 11.6. The van der Waals surface area contributed by atoms with Crippen molar-refractivity contribution < 1.29 is 39.3 Å². The summed E-state index contributed by atoms with van der Waals surface area (Å²) in [5.74, 6) is -4.52. The Balaban J connectivity index is 0. The second-order valence-corrected chi connectivity index (χ2v) is 4.18. The van der Waals surface area contributed by atoms with E-state index in [1.165, 1.54) is 6.92 Å². The monoisotopic (exact) mass is 336 g/mol. The van der Waals surface area contributed by atoms with E-state index in [-0.39, 0.29) is 0 Å². The zero-order chi connectivity index (χ0) is 18.6. The van der Waals surface area contributed by atoms with Gasteiger partial charge in [0.25, 0.3) is 0 Å². The van der Waals surface area contributed by atoms with Crippen LogP contribution in [0.15, 0.2) is 0 Å². The molecule has 1 rings (SSSR count). The van der Waals surface area contributed by atoms with Crippen LogP contribution in [0, 0.1) is 0 Å². The van der Waals surface area contributed by atoms with Crippen molar-refractivity contribution in [2.75, 3.05) is 13.1 Å². The summed E-state index contributed by atoms with van der Waals surface area (Å²) in [4.78, 5) is 49.7. The predicted molar refractivity (Wildman–Crippen MR) is 75.2 cm³/mol. The molecule has 0 unspecified atom stereocenters. The Labute approximate surface area is 130 Å². The maximum Gasteiger partial charge on any atom is 0.321 e. The molecule has 1 aliphatic rings. The van der Waals surface area contributed by atoms with Crippen LogP contribution in [0.1, 0.15) is 13.3 Å². The highest BCUT2D eigenvalue weighted by molar-refractivity contribution is 6.35. The van der Waals surface area contributed by atoms with Crippen molar-refractivity contribution in [3.63, 3.8) is 0 Å². The molecular weight excluding hydrogens is 316 g/mol. The summed E-state index contributed by atoms with van der Waals surface area (Å²) in [6.07, 6.45) is -0.532. The van der Waals surface area contributed by atoms with Crippen molar-refractivity contribution in [3.05, 3.63) is 0 Å². The van der Waals surface area contributed by atoms with Gasteiger partial charge < -0.3 is 37.4 Å². The van der Waals surface area contributed by atoms with Gasteiger partial charge >= 0.3 is 29.7 Å². The topological polar surface area (TPSA) is 222 Å². The van der Waals surface area contributed by atoms with E-state index in [1.54, 1.807) is 0 Å². The van der Waals surface area contributed by atoms with E-state index in [1.807, 2.05) is 0 Å². The number of hydrogen-bond acceptors (Lipinski definition) is 7. The van der Waals surface area contributed by atoms with E-state index in [9.17, 15) is 24.0 Å². The lowest BCUT2D eigenvalue weighted by atomic mass is 10.2. The maximum atomic E-state index is 10.3. The fourth-order valence-corrected chi connectivity index (χ4v) is 0.788. The molecule has 0 radical (unpaired) electrons. The van der Waals surface area contributed by atoms with Crippen molar-refractivity contribution in [3.8, 4) is 0 Å². The number of carboxylic acids is 3. The first-order valence-electron chi connectivity index (χ1n) is 6.23. The quantitative estimate of drug-likeness (QED) is 0.251. The van der Waals surface area contributed by atoms with Gasteiger partial charge in [0.2, 0.25) is 0 Å². The lowest BCUT2D eigenvalue weighted by Crippen LogP contribution is -2.49. The minimum atomic E-state index is -1.29. The zero-order valence-electron chi connectivity index (χ0n) is 12.3. The fraction of sp³-hybridized carbons (Fsp3) is 0.545. The average Bonchev–Trinajstić information content (AvgIpc) is 2.42. The Hall–Kier alpha value is -2.73. The molecule has 9 N–H and O–H groups in total. The first kappa shape index (κ1) is 22.5. The van der Waals surface area contributed by atoms with Gasteiger partial charge in [-0.1, -0.05) is 0 Å². The second-order valence-electron chi connectivity index (χ2n) is 4.18. The summed E-state index contributed by atoms with van der Waals surface area (Å²) >= 11 is 0. The molecule has 0 spiro atoms. The van der Waals surface area contributed by atoms with Gasteiger partial charge in [0.15, 0.2) is 0 Å². The van der Waals surface area contributed by atoms with E-state index in [4.69, 9.17) is 26.8 Å². The molecule has 0 aliphatic carbocycles. The number of piperazine rings is 1. The molecule has 0 saturated carbocycles. The Morgan fingerprint density at radius 1 is 1.00 bits per heavy atom. The Bertz CT molecular complexity index is 435. The van der Waals surface area contributed by atoms with Crippen LogP contribution in [0.5, 0.6) is 0 Å². The molecule has 1 heterocycles. The van der Waals surface area contributed by atoms with Gasteiger partial charge in [-0.15, -0.1) is 0 Å². The molecule has 132 valence electrons. The summed E-state index contributed by atoms with van der Waals surface area (Å²) in [5.41, 5.74) is 9.67. The maximum absolute atomic E-state index is 10.3. The number of nitrogens with one attached hydrogen (secondary N) is 2.